The first-order chi connectivity index (χ1) is 8.28. The molecule has 2 N–H and O–H groups in total. The number of carbonyl (C=O) groups is 2. The smallest absolute Gasteiger partial charge is 0.327 e. The van der Waals surface area contributed by atoms with Crippen LogP contribution in [0.3, 0.4) is 0 Å². The van der Waals surface area contributed by atoms with Gasteiger partial charge in [-0.05, 0) is 12.2 Å². The molecule has 0 spiro atoms. The third kappa shape index (κ3) is 8.35. The van der Waals surface area contributed by atoms with Gasteiger partial charge in [0.2, 0.25) is 5.91 Å². The first-order valence-corrected chi connectivity index (χ1v) is 8.54. The predicted molar refractivity (Wildman–Crippen MR) is 71.5 cm³/mol. The van der Waals surface area contributed by atoms with Gasteiger partial charge in [-0.3, -0.25) is 4.79 Å². The van der Waals surface area contributed by atoms with Crippen LogP contribution in [0, 0.1) is 0 Å². The van der Waals surface area contributed by atoms with Crippen LogP contribution in [0.15, 0.2) is 0 Å². The number of hydrogen-bond donors (Lipinski definition) is 2. The van der Waals surface area contributed by atoms with E-state index in [2.05, 4.69) is 5.32 Å². The molecule has 0 heterocycles. The van der Waals surface area contributed by atoms with E-state index in [1.807, 2.05) is 0 Å². The molecule has 0 bridgehead atoms. The molecule has 0 saturated carbocycles. The van der Waals surface area contributed by atoms with Crippen molar-refractivity contribution in [1.29, 1.82) is 0 Å². The molecular formula is C10H19NO5S2. The topological polar surface area (TPSA) is 101 Å². The molecule has 6 nitrogen and oxygen atoms in total. The summed E-state index contributed by atoms with van der Waals surface area (Å²) in [7, 11) is -2.95. The molecule has 1 unspecified atom stereocenters. The van der Waals surface area contributed by atoms with Crippen LogP contribution in [0.4, 0.5) is 0 Å². The molecule has 0 fully saturated rings. The van der Waals surface area contributed by atoms with E-state index in [4.69, 9.17) is 5.11 Å². The summed E-state index contributed by atoms with van der Waals surface area (Å²) in [5.41, 5.74) is 0. The van der Waals surface area contributed by atoms with E-state index in [-0.39, 0.29) is 17.3 Å². The molecule has 0 rings (SSSR count). The summed E-state index contributed by atoms with van der Waals surface area (Å²) in [6.45, 7) is 2.86. The highest BCUT2D eigenvalue weighted by Gasteiger charge is 2.18. The van der Waals surface area contributed by atoms with Crippen LogP contribution < -0.4 is 5.32 Å². The maximum atomic E-state index is 11.2. The largest absolute Gasteiger partial charge is 0.480 e. The molecule has 18 heavy (non-hydrogen) atoms. The highest BCUT2D eigenvalue weighted by Crippen LogP contribution is 2.07. The van der Waals surface area contributed by atoms with E-state index in [9.17, 15) is 18.0 Å². The Kier molecular flexibility index (Phi) is 8.01. The number of hydrogen-bond acceptors (Lipinski definition) is 5. The van der Waals surface area contributed by atoms with E-state index >= 15 is 0 Å². The molecular weight excluding hydrogens is 278 g/mol. The summed E-state index contributed by atoms with van der Waals surface area (Å²) in [6, 6.07) is -0.921. The molecule has 0 aliphatic heterocycles. The lowest BCUT2D eigenvalue weighted by atomic mass is 10.3. The minimum absolute atomic E-state index is 0.119. The SMILES string of the molecule is CCS(=O)(=O)CCCSCC(NC(C)=O)C(=O)O. The first-order valence-electron chi connectivity index (χ1n) is 5.56. The molecule has 0 aromatic carbocycles. The number of thioether (sulfide) groups is 1. The Hall–Kier alpha value is -0.760. The Balaban J connectivity index is 3.88. The van der Waals surface area contributed by atoms with Crippen LogP contribution >= 0.6 is 11.8 Å². The zero-order valence-corrected chi connectivity index (χ0v) is 12.1. The van der Waals surface area contributed by atoms with Gasteiger partial charge in [0.15, 0.2) is 0 Å². The van der Waals surface area contributed by atoms with Gasteiger partial charge in [-0.25, -0.2) is 13.2 Å². The lowest BCUT2D eigenvalue weighted by Gasteiger charge is -2.12. The van der Waals surface area contributed by atoms with Crippen molar-refractivity contribution in [2.45, 2.75) is 26.3 Å². The number of amides is 1. The van der Waals surface area contributed by atoms with E-state index in [0.29, 0.717) is 12.2 Å². The minimum atomic E-state index is -2.95. The number of nitrogens with one attached hydrogen (secondary N) is 1. The average Bonchev–Trinajstić information content (AvgIpc) is 2.26. The van der Waals surface area contributed by atoms with Crippen molar-refractivity contribution in [2.75, 3.05) is 23.0 Å². The molecule has 0 aromatic rings. The van der Waals surface area contributed by atoms with E-state index in [1.54, 1.807) is 6.92 Å². The van der Waals surface area contributed by atoms with Gasteiger partial charge < -0.3 is 10.4 Å². The second-order valence-electron chi connectivity index (χ2n) is 3.76. The number of sulfone groups is 1. The molecule has 8 heteroatoms. The Labute approximate surface area is 111 Å². The number of rotatable bonds is 9. The maximum absolute atomic E-state index is 11.2. The molecule has 0 aliphatic rings. The Morgan fingerprint density at radius 3 is 2.44 bits per heavy atom. The zero-order valence-electron chi connectivity index (χ0n) is 10.5. The van der Waals surface area contributed by atoms with Crippen molar-refractivity contribution in [3.05, 3.63) is 0 Å². The quantitative estimate of drug-likeness (QED) is 0.587. The zero-order chi connectivity index (χ0) is 14.2. The first kappa shape index (κ1) is 17.2. The molecule has 1 atom stereocenters. The summed E-state index contributed by atoms with van der Waals surface area (Å²) < 4.78 is 22.4. The Morgan fingerprint density at radius 1 is 1.39 bits per heavy atom. The van der Waals surface area contributed by atoms with Crippen molar-refractivity contribution < 1.29 is 23.1 Å². The van der Waals surface area contributed by atoms with Crippen molar-refractivity contribution in [2.24, 2.45) is 0 Å². The molecule has 106 valence electrons. The number of aliphatic carboxylic acids is 1. The normalized spacial score (nSPS) is 13.0. The number of carboxylic acid groups (broad SMARTS) is 1. The summed E-state index contributed by atoms with van der Waals surface area (Å²) in [6.07, 6.45) is 0.493. The summed E-state index contributed by atoms with van der Waals surface area (Å²) in [4.78, 5) is 21.5. The third-order valence-corrected chi connectivity index (χ3v) is 5.08. The monoisotopic (exact) mass is 297 g/mol. The van der Waals surface area contributed by atoms with Crippen LogP contribution in [-0.2, 0) is 19.4 Å². The van der Waals surface area contributed by atoms with E-state index in [0.717, 1.165) is 0 Å². The van der Waals surface area contributed by atoms with Crippen LogP contribution in [0.25, 0.3) is 0 Å². The Morgan fingerprint density at radius 2 is 2.00 bits per heavy atom. The van der Waals surface area contributed by atoms with Crippen molar-refractivity contribution in [1.82, 2.24) is 5.32 Å². The van der Waals surface area contributed by atoms with Crippen LogP contribution in [0.2, 0.25) is 0 Å². The second kappa shape index (κ2) is 8.36. The van der Waals surface area contributed by atoms with Crippen molar-refractivity contribution >= 4 is 33.5 Å². The lowest BCUT2D eigenvalue weighted by Crippen LogP contribution is -2.41. The number of carbonyl (C=O) groups excluding carboxylic acids is 1. The maximum Gasteiger partial charge on any atom is 0.327 e. The van der Waals surface area contributed by atoms with Crippen LogP contribution in [0.1, 0.15) is 20.3 Å². The molecule has 1 amide bonds. The van der Waals surface area contributed by atoms with Crippen LogP contribution in [0.5, 0.6) is 0 Å². The van der Waals surface area contributed by atoms with Gasteiger partial charge in [-0.2, -0.15) is 11.8 Å². The molecule has 0 aromatic heterocycles. The predicted octanol–water partition coefficient (Wildman–Crippen LogP) is 0.134. The fourth-order valence-electron chi connectivity index (χ4n) is 1.15. The van der Waals surface area contributed by atoms with Gasteiger partial charge in [0.1, 0.15) is 15.9 Å². The highest BCUT2D eigenvalue weighted by atomic mass is 32.2. The average molecular weight is 297 g/mol. The summed E-state index contributed by atoms with van der Waals surface area (Å²) in [5, 5.41) is 11.1. The lowest BCUT2D eigenvalue weighted by molar-refractivity contribution is -0.140. The second-order valence-corrected chi connectivity index (χ2v) is 7.38. The third-order valence-electron chi connectivity index (χ3n) is 2.14. The van der Waals surface area contributed by atoms with E-state index < -0.39 is 27.8 Å². The van der Waals surface area contributed by atoms with Gasteiger partial charge in [0.25, 0.3) is 0 Å². The van der Waals surface area contributed by atoms with Gasteiger partial charge in [-0.15, -0.1) is 0 Å². The summed E-state index contributed by atoms with van der Waals surface area (Å²) >= 11 is 1.32. The molecule has 0 saturated heterocycles. The fraction of sp³-hybridized carbons (Fsp3) is 0.800. The van der Waals surface area contributed by atoms with Crippen molar-refractivity contribution in [3.63, 3.8) is 0 Å². The molecule has 0 radical (unpaired) electrons. The number of carboxylic acids is 1. The van der Waals surface area contributed by atoms with Gasteiger partial charge in [0.05, 0.1) is 5.75 Å². The van der Waals surface area contributed by atoms with E-state index in [1.165, 1.54) is 18.7 Å². The van der Waals surface area contributed by atoms with Gasteiger partial charge in [0, 0.05) is 18.4 Å². The summed E-state index contributed by atoms with van der Waals surface area (Å²) in [5.74, 6) is -0.435. The molecule has 0 aliphatic carbocycles. The highest BCUT2D eigenvalue weighted by molar-refractivity contribution is 7.99. The van der Waals surface area contributed by atoms with Crippen molar-refractivity contribution in [3.8, 4) is 0 Å². The fourth-order valence-corrected chi connectivity index (χ4v) is 3.18. The minimum Gasteiger partial charge on any atom is -0.480 e. The van der Waals surface area contributed by atoms with Gasteiger partial charge in [-0.1, -0.05) is 6.92 Å². The van der Waals surface area contributed by atoms with Gasteiger partial charge >= 0.3 is 5.97 Å². The standard InChI is InChI=1S/C10H19NO5S2/c1-3-18(15,16)6-4-5-17-7-9(10(13)14)11-8(2)12/h9H,3-7H2,1-2H3,(H,11,12)(H,13,14). The van der Waals surface area contributed by atoms with Crippen LogP contribution in [-0.4, -0.2) is 54.5 Å². The Bertz CT molecular complexity index is 380.